The van der Waals surface area contributed by atoms with Crippen LogP contribution in [0.1, 0.15) is 0 Å². The van der Waals surface area contributed by atoms with Crippen molar-refractivity contribution in [3.05, 3.63) is 0 Å². The van der Waals surface area contributed by atoms with Gasteiger partial charge < -0.3 is 20.1 Å². The van der Waals surface area contributed by atoms with Crippen LogP contribution in [0.2, 0.25) is 0 Å². The Kier molecular flexibility index (Phi) is 2.88. The Morgan fingerprint density at radius 1 is 1.67 bits per heavy atom. The average Bonchev–Trinajstić information content (AvgIpc) is 2.48. The third kappa shape index (κ3) is 1.67. The number of nitrogens with one attached hydrogen (secondary N) is 1. The summed E-state index contributed by atoms with van der Waals surface area (Å²) in [5, 5.41) is 12.4. The topological polar surface area (TPSA) is 61.8 Å². The summed E-state index contributed by atoms with van der Waals surface area (Å²) in [6.07, 6.45) is -0.906. The van der Waals surface area contributed by atoms with E-state index in [-0.39, 0.29) is 6.04 Å². The molecule has 0 saturated carbocycles. The van der Waals surface area contributed by atoms with Crippen molar-refractivity contribution >= 4 is 6.09 Å². The lowest BCUT2D eigenvalue weighted by molar-refractivity contribution is 0.0771. The van der Waals surface area contributed by atoms with Crippen LogP contribution in [0.3, 0.4) is 0 Å². The number of ether oxygens (including phenoxy) is 1. The van der Waals surface area contributed by atoms with Crippen LogP contribution in [0.25, 0.3) is 0 Å². The number of carbonyl (C=O) groups excluding carboxylic acids is 1. The van der Waals surface area contributed by atoms with E-state index in [1.54, 1.807) is 7.05 Å². The van der Waals surface area contributed by atoms with Crippen molar-refractivity contribution in [2.75, 3.05) is 27.2 Å². The van der Waals surface area contributed by atoms with Crippen LogP contribution in [0, 0.1) is 0 Å². The highest BCUT2D eigenvalue weighted by molar-refractivity contribution is 5.67. The highest BCUT2D eigenvalue weighted by atomic mass is 16.5. The molecule has 0 aromatic heterocycles. The molecule has 0 bridgehead atoms. The van der Waals surface area contributed by atoms with Crippen LogP contribution in [0.15, 0.2) is 0 Å². The molecule has 0 radical (unpaired) electrons. The number of aliphatic hydroxyl groups is 1. The molecule has 1 aliphatic heterocycles. The molecule has 1 rings (SSSR count). The lowest BCUT2D eigenvalue weighted by Gasteiger charge is -2.24. The third-order valence-electron chi connectivity index (χ3n) is 2.11. The third-order valence-corrected chi connectivity index (χ3v) is 2.11. The number of hydrogen-bond donors (Lipinski definition) is 2. The molecule has 0 spiro atoms. The van der Waals surface area contributed by atoms with E-state index in [1.165, 1.54) is 12.0 Å². The van der Waals surface area contributed by atoms with E-state index < -0.39 is 12.2 Å². The zero-order chi connectivity index (χ0) is 9.14. The molecule has 0 aromatic rings. The van der Waals surface area contributed by atoms with Gasteiger partial charge in [0.1, 0.15) is 0 Å². The van der Waals surface area contributed by atoms with E-state index in [9.17, 15) is 9.90 Å². The van der Waals surface area contributed by atoms with Gasteiger partial charge in [0.2, 0.25) is 0 Å². The number of likely N-dealkylation sites (N-methyl/N-ethyl adjacent to an activating group) is 1. The smallest absolute Gasteiger partial charge is 0.409 e. The zero-order valence-corrected chi connectivity index (χ0v) is 7.28. The Labute approximate surface area is 71.3 Å². The predicted molar refractivity (Wildman–Crippen MR) is 42.8 cm³/mol. The second kappa shape index (κ2) is 3.73. The SMILES string of the molecule is COC(=O)N(C)[C@@H]1CNC[C@H]1O. The molecule has 1 saturated heterocycles. The molecule has 1 aliphatic rings. The molecule has 1 amide bonds. The van der Waals surface area contributed by atoms with E-state index in [1.807, 2.05) is 0 Å². The summed E-state index contributed by atoms with van der Waals surface area (Å²) in [6.45, 7) is 1.15. The van der Waals surface area contributed by atoms with Crippen LogP contribution < -0.4 is 5.32 Å². The van der Waals surface area contributed by atoms with Gasteiger partial charge in [0, 0.05) is 20.1 Å². The number of β-amino-alcohol motifs (C(OH)–C–C–N with tert-alkyl or cyclic N) is 1. The van der Waals surface area contributed by atoms with E-state index in [0.29, 0.717) is 13.1 Å². The molecule has 5 nitrogen and oxygen atoms in total. The largest absolute Gasteiger partial charge is 0.453 e. The monoisotopic (exact) mass is 174 g/mol. The first kappa shape index (κ1) is 9.28. The zero-order valence-electron chi connectivity index (χ0n) is 7.28. The van der Waals surface area contributed by atoms with Crippen LogP contribution >= 0.6 is 0 Å². The number of aliphatic hydroxyl groups excluding tert-OH is 1. The van der Waals surface area contributed by atoms with Gasteiger partial charge in [0.05, 0.1) is 19.3 Å². The number of methoxy groups -OCH3 is 1. The second-order valence-corrected chi connectivity index (χ2v) is 2.87. The average molecular weight is 174 g/mol. The van der Waals surface area contributed by atoms with E-state index in [0.717, 1.165) is 0 Å². The first-order valence-corrected chi connectivity index (χ1v) is 3.86. The maximum Gasteiger partial charge on any atom is 0.409 e. The fourth-order valence-electron chi connectivity index (χ4n) is 1.33. The number of amides is 1. The van der Waals surface area contributed by atoms with Crippen molar-refractivity contribution in [1.29, 1.82) is 0 Å². The molecule has 0 unspecified atom stereocenters. The summed E-state index contributed by atoms with van der Waals surface area (Å²) in [5.41, 5.74) is 0. The summed E-state index contributed by atoms with van der Waals surface area (Å²) in [5.74, 6) is 0. The molecule has 1 fully saturated rings. The van der Waals surface area contributed by atoms with Crippen LogP contribution in [-0.2, 0) is 4.74 Å². The van der Waals surface area contributed by atoms with Gasteiger partial charge in [0.25, 0.3) is 0 Å². The van der Waals surface area contributed by atoms with Crippen LogP contribution in [0.5, 0.6) is 0 Å². The quantitative estimate of drug-likeness (QED) is 0.536. The van der Waals surface area contributed by atoms with Crippen molar-refractivity contribution in [2.24, 2.45) is 0 Å². The van der Waals surface area contributed by atoms with Crippen LogP contribution in [0.4, 0.5) is 4.79 Å². The lowest BCUT2D eigenvalue weighted by atomic mass is 10.2. The molecule has 0 aromatic carbocycles. The number of rotatable bonds is 1. The fraction of sp³-hybridized carbons (Fsp3) is 0.857. The van der Waals surface area contributed by atoms with Gasteiger partial charge in [-0.05, 0) is 0 Å². The molecule has 70 valence electrons. The molecular formula is C7H14N2O3. The number of carbonyl (C=O) groups is 1. The summed E-state index contributed by atoms with van der Waals surface area (Å²) in [4.78, 5) is 12.4. The Morgan fingerprint density at radius 3 is 2.75 bits per heavy atom. The van der Waals surface area contributed by atoms with Gasteiger partial charge in [-0.25, -0.2) is 4.79 Å². The van der Waals surface area contributed by atoms with Gasteiger partial charge in [0.15, 0.2) is 0 Å². The van der Waals surface area contributed by atoms with Crippen molar-refractivity contribution < 1.29 is 14.6 Å². The van der Waals surface area contributed by atoms with E-state index in [4.69, 9.17) is 0 Å². The molecule has 0 aliphatic carbocycles. The molecule has 1 heterocycles. The molecule has 5 heteroatoms. The van der Waals surface area contributed by atoms with Gasteiger partial charge in [-0.15, -0.1) is 0 Å². The standard InChI is InChI=1S/C7H14N2O3/c1-9(7(11)12-2)5-3-8-4-6(5)10/h5-6,8,10H,3-4H2,1-2H3/t5-,6-/m1/s1. The molecule has 2 atom stereocenters. The fourth-order valence-corrected chi connectivity index (χ4v) is 1.33. The minimum Gasteiger partial charge on any atom is -0.453 e. The summed E-state index contributed by atoms with van der Waals surface area (Å²) in [7, 11) is 2.94. The van der Waals surface area contributed by atoms with Crippen LogP contribution in [-0.4, -0.2) is 55.5 Å². The lowest BCUT2D eigenvalue weighted by Crippen LogP contribution is -2.44. The second-order valence-electron chi connectivity index (χ2n) is 2.87. The first-order chi connectivity index (χ1) is 5.66. The van der Waals surface area contributed by atoms with Gasteiger partial charge in [-0.3, -0.25) is 0 Å². The highest BCUT2D eigenvalue weighted by Crippen LogP contribution is 2.07. The van der Waals surface area contributed by atoms with Crippen molar-refractivity contribution in [3.8, 4) is 0 Å². The summed E-state index contributed by atoms with van der Waals surface area (Å²) < 4.78 is 4.52. The van der Waals surface area contributed by atoms with Crippen molar-refractivity contribution in [3.63, 3.8) is 0 Å². The van der Waals surface area contributed by atoms with E-state index >= 15 is 0 Å². The normalized spacial score (nSPS) is 28.6. The Hall–Kier alpha value is -0.810. The molecule has 12 heavy (non-hydrogen) atoms. The minimum atomic E-state index is -0.492. The number of hydrogen-bond acceptors (Lipinski definition) is 4. The predicted octanol–water partition coefficient (Wildman–Crippen LogP) is -0.983. The summed E-state index contributed by atoms with van der Waals surface area (Å²) in [6, 6.07) is -0.169. The Bertz CT molecular complexity index is 174. The number of nitrogens with zero attached hydrogens (tertiary/aromatic N) is 1. The van der Waals surface area contributed by atoms with Gasteiger partial charge >= 0.3 is 6.09 Å². The van der Waals surface area contributed by atoms with E-state index in [2.05, 4.69) is 10.1 Å². The maximum atomic E-state index is 11.0. The Balaban J connectivity index is 2.51. The minimum absolute atomic E-state index is 0.169. The summed E-state index contributed by atoms with van der Waals surface area (Å²) >= 11 is 0. The molecular weight excluding hydrogens is 160 g/mol. The Morgan fingerprint density at radius 2 is 2.33 bits per heavy atom. The van der Waals surface area contributed by atoms with Gasteiger partial charge in [-0.1, -0.05) is 0 Å². The van der Waals surface area contributed by atoms with Gasteiger partial charge in [-0.2, -0.15) is 0 Å². The van der Waals surface area contributed by atoms with Crippen molar-refractivity contribution in [1.82, 2.24) is 10.2 Å². The van der Waals surface area contributed by atoms with Crippen molar-refractivity contribution in [2.45, 2.75) is 12.1 Å². The molecule has 2 N–H and O–H groups in total. The highest BCUT2D eigenvalue weighted by Gasteiger charge is 2.31. The maximum absolute atomic E-state index is 11.0. The first-order valence-electron chi connectivity index (χ1n) is 3.86.